The number of aliphatic hydroxyl groups is 1. The molecule has 0 spiro atoms. The van der Waals surface area contributed by atoms with Crippen molar-refractivity contribution in [3.8, 4) is 11.5 Å². The molecule has 2 unspecified atom stereocenters. The number of imidazole rings is 1. The summed E-state index contributed by atoms with van der Waals surface area (Å²) in [5, 5.41) is 29.0. The minimum atomic E-state index is -5.75. The molecule has 5 aromatic rings. The number of likely N-dealkylation sites (N-methyl/N-ethyl adjacent to an activating group) is 2. The number of aliphatic hydroxyl groups excluding tert-OH is 1. The van der Waals surface area contributed by atoms with Crippen molar-refractivity contribution >= 4 is 91.7 Å². The molecule has 81 heavy (non-hydrogen) atoms. The highest BCUT2D eigenvalue weighted by atomic mass is 32.5. The van der Waals surface area contributed by atoms with Crippen LogP contribution in [0.2, 0.25) is 0 Å². The number of benzene rings is 3. The summed E-state index contributed by atoms with van der Waals surface area (Å²) in [6, 6.07) is 12.4. The fraction of sp³-hybridized carbons (Fsp3) is 0.380. The number of phosphoric ester groups is 1. The number of aromatic nitrogens is 4. The minimum Gasteiger partial charge on any atom is -0.478 e. The Morgan fingerprint density at radius 2 is 1.62 bits per heavy atom. The molecule has 11 N–H and O–H groups in total. The number of nitrogen functional groups attached to an aromatic ring is 1. The molecule has 4 aliphatic rings. The summed E-state index contributed by atoms with van der Waals surface area (Å²) >= 11 is 4.11. The number of carboxylic acids is 1. The van der Waals surface area contributed by atoms with Crippen LogP contribution >= 0.6 is 22.4 Å². The molecule has 1 saturated heterocycles. The van der Waals surface area contributed by atoms with Gasteiger partial charge in [-0.05, 0) is 100 Å². The third-order valence-electron chi connectivity index (χ3n) is 14.1. The zero-order valence-corrected chi connectivity index (χ0v) is 48.3. The van der Waals surface area contributed by atoms with E-state index in [0.717, 1.165) is 44.2 Å². The number of allylic oxidation sites excluding steroid dienone is 2. The average Bonchev–Trinajstić information content (AvgIpc) is 4.06. The lowest BCUT2D eigenvalue weighted by Crippen LogP contribution is -2.49. The molecule has 3 aromatic carbocycles. The second kappa shape index (κ2) is 21.7. The number of H-pyrrole nitrogens is 1. The number of rotatable bonds is 17. The molecule has 0 saturated carbocycles. The summed E-state index contributed by atoms with van der Waals surface area (Å²) in [7, 11) is -11.4. The molecule has 2 amide bonds. The Morgan fingerprint density at radius 1 is 0.914 bits per heavy atom. The molecule has 9 rings (SSSR count). The van der Waals surface area contributed by atoms with Crippen molar-refractivity contribution in [2.24, 2.45) is 0 Å². The van der Waals surface area contributed by atoms with Gasteiger partial charge < -0.3 is 65.3 Å². The number of carbonyl (C=O) groups is 3. The topological polar surface area (TPSA) is 382 Å². The zero-order valence-electron chi connectivity index (χ0n) is 44.8. The van der Waals surface area contributed by atoms with Crippen LogP contribution in [-0.2, 0) is 43.6 Å². The number of nitrogens with two attached hydrogens (primary N) is 1. The van der Waals surface area contributed by atoms with Gasteiger partial charge in [0.25, 0.3) is 11.5 Å². The highest BCUT2D eigenvalue weighted by Gasteiger charge is 2.50. The molecule has 6 heterocycles. The summed E-state index contributed by atoms with van der Waals surface area (Å²) < 4.78 is 59.1. The maximum atomic E-state index is 13.8. The first kappa shape index (κ1) is 59.2. The summed E-state index contributed by atoms with van der Waals surface area (Å²) in [6.45, 7) is 11.6. The van der Waals surface area contributed by atoms with Gasteiger partial charge in [0.1, 0.15) is 30.3 Å². The lowest BCUT2D eigenvalue weighted by Gasteiger charge is -2.43. The fourth-order valence-corrected chi connectivity index (χ4v) is 14.8. The number of hydrogen-bond acceptors (Lipinski definition) is 18. The number of phosphoric acid groups is 2. The van der Waals surface area contributed by atoms with Gasteiger partial charge in [-0.25, -0.2) is 32.6 Å². The number of nitrogens with one attached hydrogen (secondary N) is 3. The number of aromatic amines is 1. The van der Waals surface area contributed by atoms with Crippen molar-refractivity contribution < 1.29 is 80.7 Å². The molecular weight excluding hydrogens is 1140 g/mol. The standard InChI is InChI=1S/C50H58N9O18P3S/c1-9-58-33-18-35-31(16-28(33)24(3)20-49(58,5)6)38(32-17-29-25(4)21-50(7,8)59(10-2)34(29)19-36(32)73-35)27-12-11-26(15-30(27)46(63)64)43(61)52-13-14-53-48(65)75-41-37(22-72-78(66,67)76-79(68,69)77-80(70,71)81)74-45(40(41)60)57-23-54-39-42(57)55-47(51)56-44(39)62/h11-12,15-21,23,37,40-41,45,60H,9-10,13-14,22H2,1-8H3,(H9-,51,52,53,55,56,61,62,63,64,65,66,67,68,69,70,71,81)/p+1/t37-,40-,41-,45-/m1/s1. The molecule has 31 heteroatoms. The Balaban J connectivity index is 0.964. The van der Waals surface area contributed by atoms with Crippen molar-refractivity contribution in [1.82, 2.24) is 34.7 Å². The Hall–Kier alpha value is -6.48. The smallest absolute Gasteiger partial charge is 0.478 e. The third-order valence-corrected chi connectivity index (χ3v) is 18.5. The molecule has 0 aliphatic carbocycles. The van der Waals surface area contributed by atoms with Crippen LogP contribution in [0.3, 0.4) is 0 Å². The maximum Gasteiger partial charge on any atom is 0.488 e. The highest BCUT2D eigenvalue weighted by molar-refractivity contribution is 8.08. The molecule has 4 aliphatic heterocycles. The molecule has 1 fully saturated rings. The van der Waals surface area contributed by atoms with Gasteiger partial charge in [0.05, 0.1) is 30.1 Å². The van der Waals surface area contributed by atoms with Gasteiger partial charge in [-0.15, -0.1) is 0 Å². The molecular formula is C50H59N9O18P3S+. The molecule has 6 atom stereocenters. The van der Waals surface area contributed by atoms with Crippen molar-refractivity contribution in [2.45, 2.75) is 91.0 Å². The van der Waals surface area contributed by atoms with E-state index in [1.165, 1.54) is 12.1 Å². The predicted octanol–water partition coefficient (Wildman–Crippen LogP) is 3.72. The molecule has 432 valence electrons. The van der Waals surface area contributed by atoms with Gasteiger partial charge in [0, 0.05) is 78.3 Å². The average molecular weight is 1200 g/mol. The van der Waals surface area contributed by atoms with E-state index in [2.05, 4.69) is 109 Å². The van der Waals surface area contributed by atoms with Gasteiger partial charge in [0.15, 0.2) is 29.0 Å². The minimum absolute atomic E-state index is 0.0283. The predicted molar refractivity (Wildman–Crippen MR) is 297 cm³/mol. The van der Waals surface area contributed by atoms with E-state index in [-0.39, 0.29) is 52.4 Å². The normalized spacial score (nSPS) is 21.3. The van der Waals surface area contributed by atoms with Gasteiger partial charge in [-0.1, -0.05) is 12.1 Å². The number of hydrogen-bond donors (Lipinski definition) is 10. The van der Waals surface area contributed by atoms with Crippen molar-refractivity contribution in [2.75, 3.05) is 43.4 Å². The Morgan fingerprint density at radius 3 is 2.30 bits per heavy atom. The first-order valence-electron chi connectivity index (χ1n) is 25.1. The maximum absolute atomic E-state index is 13.8. The largest absolute Gasteiger partial charge is 0.488 e. The fourth-order valence-electron chi connectivity index (χ4n) is 11.0. The van der Waals surface area contributed by atoms with Crippen molar-refractivity contribution in [3.63, 3.8) is 0 Å². The van der Waals surface area contributed by atoms with Crippen LogP contribution in [0.5, 0.6) is 11.5 Å². The van der Waals surface area contributed by atoms with Crippen LogP contribution in [0.15, 0.2) is 65.7 Å². The van der Waals surface area contributed by atoms with E-state index in [1.807, 2.05) is 38.1 Å². The molecule has 27 nitrogen and oxygen atoms in total. The number of fused-ring (bicyclic) bond motifs is 5. The summed E-state index contributed by atoms with van der Waals surface area (Å²) in [4.78, 5) is 104. The highest BCUT2D eigenvalue weighted by Crippen LogP contribution is 2.66. The van der Waals surface area contributed by atoms with Gasteiger partial charge in [0.2, 0.25) is 11.3 Å². The Kier molecular flexibility index (Phi) is 15.8. The van der Waals surface area contributed by atoms with Crippen LogP contribution in [0.25, 0.3) is 27.9 Å². The lowest BCUT2D eigenvalue weighted by molar-refractivity contribution is -0.0508. The number of aromatic carboxylic acids is 1. The Labute approximate surface area is 466 Å². The first-order valence-corrected chi connectivity index (χ1v) is 30.7. The lowest BCUT2D eigenvalue weighted by atomic mass is 9.83. The second-order valence-corrected chi connectivity index (χ2v) is 26.3. The van der Waals surface area contributed by atoms with E-state index < -0.39 is 77.0 Å². The van der Waals surface area contributed by atoms with Crippen LogP contribution < -0.4 is 46.7 Å². The second-order valence-electron chi connectivity index (χ2n) is 20.5. The van der Waals surface area contributed by atoms with Crippen LogP contribution in [0, 0.1) is 0 Å². The van der Waals surface area contributed by atoms with E-state index in [4.69, 9.17) is 24.5 Å². The van der Waals surface area contributed by atoms with Gasteiger partial charge in [-0.2, -0.15) is 9.29 Å². The number of ether oxygens (including phenoxy) is 3. The van der Waals surface area contributed by atoms with Crippen LogP contribution in [0.4, 0.5) is 16.4 Å². The molecule has 0 bridgehead atoms. The van der Waals surface area contributed by atoms with E-state index in [0.29, 0.717) is 46.5 Å². The number of carboxylic acid groups (broad SMARTS) is 1. The van der Waals surface area contributed by atoms with E-state index in [9.17, 15) is 58.1 Å². The first-order chi connectivity index (χ1) is 37.8. The summed E-state index contributed by atoms with van der Waals surface area (Å²) in [5.74, 6) is -1.31. The number of amides is 2. The van der Waals surface area contributed by atoms with E-state index >= 15 is 0 Å². The Bertz CT molecular complexity index is 3890. The number of carbonyl (C=O) groups excluding carboxylic acids is 2. The monoisotopic (exact) mass is 1200 g/mol. The zero-order chi connectivity index (χ0) is 59.1. The van der Waals surface area contributed by atoms with Crippen molar-refractivity contribution in [1.29, 1.82) is 0 Å². The molecule has 2 aromatic heterocycles. The third kappa shape index (κ3) is 11.8. The summed E-state index contributed by atoms with van der Waals surface area (Å²) in [5.41, 5.74) is 10.2. The van der Waals surface area contributed by atoms with Gasteiger partial charge >= 0.3 is 34.4 Å². The number of alkyl carbamates (subject to hydrolysis) is 1. The van der Waals surface area contributed by atoms with E-state index in [1.54, 1.807) is 6.07 Å². The SMILES string of the molecule is CCN1c2cc3c(cc2C(C)=CC1(C)C)C(c1ccc(C(=O)NCCNC(=O)O[C@H]2[C@@H](O)[C@H](n4cnc5c(=O)[nH]c(N)nc54)O[C@@H]2COP(=O)(O)OP(=O)(O)OP(O)(O)=S)cc1C(=O)O)=c1cc2c(cc1O3)=[N+](CC)C(C)(C)C=C2C. The quantitative estimate of drug-likeness (QED) is 0.0353. The number of nitrogens with zero attached hydrogens (tertiary/aromatic N) is 5. The van der Waals surface area contributed by atoms with Crippen molar-refractivity contribution in [3.05, 3.63) is 115 Å². The molecule has 0 radical (unpaired) electrons. The van der Waals surface area contributed by atoms with Crippen LogP contribution in [0.1, 0.15) is 105 Å². The summed E-state index contributed by atoms with van der Waals surface area (Å²) in [6.07, 6.45) is -2.86. The number of anilines is 2. The van der Waals surface area contributed by atoms with Crippen LogP contribution in [-0.4, -0.2) is 129 Å². The van der Waals surface area contributed by atoms with Gasteiger partial charge in [-0.3, -0.25) is 23.7 Å².